The van der Waals surface area contributed by atoms with Crippen LogP contribution in [0.15, 0.2) is 72.2 Å². The van der Waals surface area contributed by atoms with Crippen LogP contribution in [0.2, 0.25) is 0 Å². The molecule has 0 spiro atoms. The predicted molar refractivity (Wildman–Crippen MR) is 119 cm³/mol. The maximum absolute atomic E-state index is 13.6. The third-order valence-electron chi connectivity index (χ3n) is 4.83. The number of thiophene rings is 1. The number of ether oxygens (including phenoxy) is 3. The molecule has 0 aliphatic carbocycles. The molecular weight excluding hydrogens is 398 g/mol. The van der Waals surface area contributed by atoms with Crippen LogP contribution in [0.4, 0.5) is 0 Å². The van der Waals surface area contributed by atoms with Crippen molar-refractivity contribution < 1.29 is 19.0 Å². The number of hydrogen-bond acceptors (Lipinski definition) is 5. The number of aromatic nitrogens is 1. The summed E-state index contributed by atoms with van der Waals surface area (Å²) in [6.07, 6.45) is 1.99. The molecule has 0 saturated heterocycles. The summed E-state index contributed by atoms with van der Waals surface area (Å²) >= 11 is 1.57. The molecule has 0 amide bonds. The third kappa shape index (κ3) is 3.57. The fraction of sp³-hybridized carbons (Fsp3) is 0.125. The second kappa shape index (κ2) is 8.47. The molecule has 2 aromatic heterocycles. The van der Waals surface area contributed by atoms with E-state index in [0.717, 1.165) is 16.1 Å². The molecule has 0 radical (unpaired) electrons. The molecule has 0 saturated carbocycles. The van der Waals surface area contributed by atoms with Crippen molar-refractivity contribution in [1.29, 1.82) is 0 Å². The normalized spacial score (nSPS) is 10.6. The minimum absolute atomic E-state index is 0.134. The number of carbonyl (C=O) groups is 1. The van der Waals surface area contributed by atoms with Crippen molar-refractivity contribution in [3.63, 3.8) is 0 Å². The van der Waals surface area contributed by atoms with E-state index in [0.29, 0.717) is 28.5 Å². The van der Waals surface area contributed by atoms with E-state index in [1.807, 2.05) is 64.7 Å². The standard InChI is InChI=1S/C24H21NO4S/c1-27-20-13-17(14-21(28-2)24(20)29-3)23(26)19-12-18(16-8-5-4-6-9-16)15-25(19)22-10-7-11-30-22/h4-15H,1-3H3. The molecule has 4 rings (SSSR count). The van der Waals surface area contributed by atoms with Crippen molar-refractivity contribution in [3.05, 3.63) is 83.5 Å². The Hall–Kier alpha value is -3.51. The quantitative estimate of drug-likeness (QED) is 0.373. The van der Waals surface area contributed by atoms with Crippen molar-refractivity contribution >= 4 is 17.1 Å². The number of hydrogen-bond donors (Lipinski definition) is 0. The lowest BCUT2D eigenvalue weighted by Crippen LogP contribution is -2.08. The molecule has 152 valence electrons. The van der Waals surface area contributed by atoms with Gasteiger partial charge in [0.15, 0.2) is 11.5 Å². The molecule has 0 bridgehead atoms. The second-order valence-electron chi connectivity index (χ2n) is 6.54. The average Bonchev–Trinajstić information content (AvgIpc) is 3.48. The summed E-state index contributed by atoms with van der Waals surface area (Å²) in [5.74, 6) is 1.20. The van der Waals surface area contributed by atoms with E-state index in [-0.39, 0.29) is 5.78 Å². The van der Waals surface area contributed by atoms with Gasteiger partial charge in [0, 0.05) is 17.3 Å². The van der Waals surface area contributed by atoms with Gasteiger partial charge in [-0.2, -0.15) is 0 Å². The van der Waals surface area contributed by atoms with E-state index in [1.165, 1.54) is 21.3 Å². The van der Waals surface area contributed by atoms with E-state index < -0.39 is 0 Å². The van der Waals surface area contributed by atoms with E-state index in [2.05, 4.69) is 0 Å². The number of rotatable bonds is 7. The summed E-state index contributed by atoms with van der Waals surface area (Å²) in [6.45, 7) is 0. The third-order valence-corrected chi connectivity index (χ3v) is 5.70. The lowest BCUT2D eigenvalue weighted by atomic mass is 10.0. The van der Waals surface area contributed by atoms with Crippen molar-refractivity contribution in [2.24, 2.45) is 0 Å². The van der Waals surface area contributed by atoms with Gasteiger partial charge in [-0.25, -0.2) is 0 Å². The fourth-order valence-electron chi connectivity index (χ4n) is 3.38. The highest BCUT2D eigenvalue weighted by atomic mass is 32.1. The minimum atomic E-state index is -0.134. The first kappa shape index (κ1) is 19.8. The number of benzene rings is 2. The Morgan fingerprint density at radius 2 is 1.53 bits per heavy atom. The molecule has 4 aromatic rings. The van der Waals surface area contributed by atoms with Crippen LogP contribution in [0.25, 0.3) is 16.1 Å². The second-order valence-corrected chi connectivity index (χ2v) is 7.47. The molecule has 0 fully saturated rings. The lowest BCUT2D eigenvalue weighted by Gasteiger charge is -2.14. The average molecular weight is 420 g/mol. The number of nitrogens with zero attached hydrogens (tertiary/aromatic N) is 1. The Labute approximate surface area is 179 Å². The summed E-state index contributed by atoms with van der Waals surface area (Å²) in [7, 11) is 4.61. The van der Waals surface area contributed by atoms with E-state index in [1.54, 1.807) is 23.5 Å². The summed E-state index contributed by atoms with van der Waals surface area (Å²) in [5, 5.41) is 2.96. The van der Waals surface area contributed by atoms with Crippen LogP contribution >= 0.6 is 11.3 Å². The summed E-state index contributed by atoms with van der Waals surface area (Å²) in [6, 6.07) is 19.2. The molecule has 0 unspecified atom stereocenters. The SMILES string of the molecule is COc1cc(C(=O)c2cc(-c3ccccc3)cn2-c2cccs2)cc(OC)c1OC. The van der Waals surface area contributed by atoms with Gasteiger partial charge in [-0.15, -0.1) is 11.3 Å². The van der Waals surface area contributed by atoms with Crippen LogP contribution in [0.1, 0.15) is 16.1 Å². The zero-order valence-electron chi connectivity index (χ0n) is 16.9. The van der Waals surface area contributed by atoms with Gasteiger partial charge in [-0.1, -0.05) is 30.3 Å². The zero-order chi connectivity index (χ0) is 21.1. The Balaban J connectivity index is 1.86. The van der Waals surface area contributed by atoms with Crippen molar-refractivity contribution in [2.45, 2.75) is 0 Å². The van der Waals surface area contributed by atoms with Crippen LogP contribution in [-0.4, -0.2) is 31.7 Å². The highest BCUT2D eigenvalue weighted by molar-refractivity contribution is 7.12. The van der Waals surface area contributed by atoms with Crippen LogP contribution in [0.5, 0.6) is 17.2 Å². The largest absolute Gasteiger partial charge is 0.493 e. The molecule has 0 atom stereocenters. The predicted octanol–water partition coefficient (Wildman–Crippen LogP) is 5.46. The molecule has 6 heteroatoms. The van der Waals surface area contributed by atoms with Crippen molar-refractivity contribution in [1.82, 2.24) is 4.57 Å². The van der Waals surface area contributed by atoms with Gasteiger partial charge in [0.1, 0.15) is 0 Å². The summed E-state index contributed by atoms with van der Waals surface area (Å²) < 4.78 is 18.1. The Bertz CT molecular complexity index is 1140. The Kier molecular flexibility index (Phi) is 5.59. The van der Waals surface area contributed by atoms with Gasteiger partial charge >= 0.3 is 0 Å². The van der Waals surface area contributed by atoms with Crippen molar-refractivity contribution in [2.75, 3.05) is 21.3 Å². The van der Waals surface area contributed by atoms with Gasteiger partial charge in [0.05, 0.1) is 32.0 Å². The molecule has 30 heavy (non-hydrogen) atoms. The Morgan fingerprint density at radius 1 is 0.833 bits per heavy atom. The minimum Gasteiger partial charge on any atom is -0.493 e. The topological polar surface area (TPSA) is 49.7 Å². The first-order valence-corrected chi connectivity index (χ1v) is 10.2. The van der Waals surface area contributed by atoms with Crippen LogP contribution in [0, 0.1) is 0 Å². The fourth-order valence-corrected chi connectivity index (χ4v) is 4.09. The van der Waals surface area contributed by atoms with Gasteiger partial charge in [-0.3, -0.25) is 4.79 Å². The molecule has 0 N–H and O–H groups in total. The van der Waals surface area contributed by atoms with Crippen LogP contribution in [-0.2, 0) is 0 Å². The van der Waals surface area contributed by atoms with E-state index in [9.17, 15) is 4.79 Å². The first-order chi connectivity index (χ1) is 14.7. The van der Waals surface area contributed by atoms with Gasteiger partial charge in [0.25, 0.3) is 0 Å². The number of carbonyl (C=O) groups excluding carboxylic acids is 1. The van der Waals surface area contributed by atoms with Crippen LogP contribution in [0.3, 0.4) is 0 Å². The molecule has 2 aromatic carbocycles. The number of ketones is 1. The van der Waals surface area contributed by atoms with Crippen molar-refractivity contribution in [3.8, 4) is 33.4 Å². The molecule has 0 aliphatic rings. The zero-order valence-corrected chi connectivity index (χ0v) is 17.7. The maximum atomic E-state index is 13.6. The summed E-state index contributed by atoms with van der Waals surface area (Å²) in [5.41, 5.74) is 3.04. The van der Waals surface area contributed by atoms with Gasteiger partial charge in [0.2, 0.25) is 11.5 Å². The number of methoxy groups -OCH3 is 3. The molecular formula is C24H21NO4S. The lowest BCUT2D eigenvalue weighted by molar-refractivity contribution is 0.103. The molecule has 5 nitrogen and oxygen atoms in total. The van der Waals surface area contributed by atoms with E-state index in [4.69, 9.17) is 14.2 Å². The van der Waals surface area contributed by atoms with Crippen LogP contribution < -0.4 is 14.2 Å². The highest BCUT2D eigenvalue weighted by Gasteiger charge is 2.22. The smallest absolute Gasteiger partial charge is 0.210 e. The monoisotopic (exact) mass is 419 g/mol. The van der Waals surface area contributed by atoms with E-state index >= 15 is 0 Å². The van der Waals surface area contributed by atoms with Gasteiger partial charge < -0.3 is 18.8 Å². The summed E-state index contributed by atoms with van der Waals surface area (Å²) in [4.78, 5) is 13.6. The van der Waals surface area contributed by atoms with Gasteiger partial charge in [-0.05, 0) is 41.3 Å². The molecule has 2 heterocycles. The Morgan fingerprint density at radius 3 is 2.10 bits per heavy atom. The maximum Gasteiger partial charge on any atom is 0.210 e. The molecule has 0 aliphatic heterocycles. The highest BCUT2D eigenvalue weighted by Crippen LogP contribution is 2.39. The first-order valence-electron chi connectivity index (χ1n) is 9.32.